The monoisotopic (exact) mass is 245 g/mol. The summed E-state index contributed by atoms with van der Waals surface area (Å²) in [5.74, 6) is 0.0727. The zero-order chi connectivity index (χ0) is 11.8. The topological polar surface area (TPSA) is 50.4 Å². The first kappa shape index (κ1) is 10.1. The maximum Gasteiger partial charge on any atom is 0.154 e. The highest BCUT2D eigenvalue weighted by Crippen LogP contribution is 2.28. The number of aromatic hydroxyl groups is 1. The van der Waals surface area contributed by atoms with E-state index >= 15 is 0 Å². The van der Waals surface area contributed by atoms with Gasteiger partial charge in [0.15, 0.2) is 5.65 Å². The largest absolute Gasteiger partial charge is 0.506 e. The summed E-state index contributed by atoms with van der Waals surface area (Å²) in [4.78, 5) is 4.26. The number of hydrogen-bond donors (Lipinski definition) is 1. The van der Waals surface area contributed by atoms with Crippen LogP contribution >= 0.6 is 11.6 Å². The van der Waals surface area contributed by atoms with E-state index in [0.717, 1.165) is 16.8 Å². The molecule has 5 heteroatoms. The highest BCUT2D eigenvalue weighted by molar-refractivity contribution is 6.32. The number of halogens is 1. The van der Waals surface area contributed by atoms with Gasteiger partial charge in [0.05, 0.1) is 11.2 Å². The molecule has 0 fully saturated rings. The number of hydrogen-bond acceptors (Lipinski definition) is 3. The van der Waals surface area contributed by atoms with Gasteiger partial charge in [0.1, 0.15) is 5.75 Å². The first-order valence-electron chi connectivity index (χ1n) is 5.02. The highest BCUT2D eigenvalue weighted by atomic mass is 35.5. The third-order valence-corrected chi connectivity index (χ3v) is 2.83. The fourth-order valence-electron chi connectivity index (χ4n) is 1.65. The van der Waals surface area contributed by atoms with Crippen molar-refractivity contribution in [1.29, 1.82) is 0 Å². The van der Waals surface area contributed by atoms with Gasteiger partial charge < -0.3 is 5.11 Å². The summed E-state index contributed by atoms with van der Waals surface area (Å²) in [5, 5.41) is 13.8. The van der Waals surface area contributed by atoms with E-state index in [9.17, 15) is 5.11 Å². The molecule has 4 nitrogen and oxygen atoms in total. The molecule has 0 aliphatic rings. The molecule has 1 aromatic carbocycles. The van der Waals surface area contributed by atoms with E-state index in [0.29, 0.717) is 5.02 Å². The van der Waals surface area contributed by atoms with E-state index in [1.165, 1.54) is 0 Å². The van der Waals surface area contributed by atoms with Crippen LogP contribution in [0.1, 0.15) is 0 Å². The Morgan fingerprint density at radius 3 is 2.88 bits per heavy atom. The first-order chi connectivity index (χ1) is 8.24. The lowest BCUT2D eigenvalue weighted by Crippen LogP contribution is -1.91. The number of phenolic OH excluding ortho intramolecular Hbond substituents is 1. The quantitative estimate of drug-likeness (QED) is 0.717. The summed E-state index contributed by atoms with van der Waals surface area (Å²) in [6.07, 6.45) is 5.31. The fourth-order valence-corrected chi connectivity index (χ4v) is 1.83. The van der Waals surface area contributed by atoms with Crippen molar-refractivity contribution in [2.45, 2.75) is 0 Å². The maximum absolute atomic E-state index is 9.36. The minimum atomic E-state index is 0.0727. The van der Waals surface area contributed by atoms with Gasteiger partial charge in [-0.1, -0.05) is 17.7 Å². The molecule has 0 unspecified atom stereocenters. The summed E-state index contributed by atoms with van der Waals surface area (Å²) in [5.41, 5.74) is 2.57. The van der Waals surface area contributed by atoms with Gasteiger partial charge in [-0.15, -0.1) is 0 Å². The minimum absolute atomic E-state index is 0.0727. The number of fused-ring (bicyclic) bond motifs is 1. The van der Waals surface area contributed by atoms with Crippen molar-refractivity contribution < 1.29 is 5.11 Å². The SMILES string of the molecule is Oc1ccc(-c2cnc3ccnn3c2)cc1Cl. The smallest absolute Gasteiger partial charge is 0.154 e. The predicted molar refractivity (Wildman–Crippen MR) is 65.1 cm³/mol. The van der Waals surface area contributed by atoms with Crippen molar-refractivity contribution in [3.8, 4) is 16.9 Å². The maximum atomic E-state index is 9.36. The number of aromatic nitrogens is 3. The molecule has 0 aliphatic carbocycles. The summed E-state index contributed by atoms with van der Waals surface area (Å²) in [6.45, 7) is 0. The van der Waals surface area contributed by atoms with Crippen molar-refractivity contribution in [2.75, 3.05) is 0 Å². The van der Waals surface area contributed by atoms with Crippen LogP contribution in [0.3, 0.4) is 0 Å². The van der Waals surface area contributed by atoms with Crippen molar-refractivity contribution in [3.05, 3.63) is 47.9 Å². The molecule has 0 saturated heterocycles. The second-order valence-corrected chi connectivity index (χ2v) is 4.05. The van der Waals surface area contributed by atoms with Crippen LogP contribution in [-0.2, 0) is 0 Å². The third-order valence-electron chi connectivity index (χ3n) is 2.53. The first-order valence-corrected chi connectivity index (χ1v) is 5.40. The lowest BCUT2D eigenvalue weighted by atomic mass is 10.1. The van der Waals surface area contributed by atoms with E-state index in [2.05, 4.69) is 10.1 Å². The van der Waals surface area contributed by atoms with Crippen molar-refractivity contribution in [2.24, 2.45) is 0 Å². The zero-order valence-electron chi connectivity index (χ0n) is 8.71. The summed E-state index contributed by atoms with van der Waals surface area (Å²) < 4.78 is 1.69. The van der Waals surface area contributed by atoms with Gasteiger partial charge >= 0.3 is 0 Å². The van der Waals surface area contributed by atoms with E-state index < -0.39 is 0 Å². The Hall–Kier alpha value is -2.07. The Kier molecular flexibility index (Phi) is 2.23. The molecule has 0 spiro atoms. The van der Waals surface area contributed by atoms with E-state index in [1.54, 1.807) is 35.1 Å². The molecule has 0 amide bonds. The van der Waals surface area contributed by atoms with Crippen LogP contribution in [0, 0.1) is 0 Å². The molecule has 2 heterocycles. The Labute approximate surface area is 102 Å². The highest BCUT2D eigenvalue weighted by Gasteiger charge is 2.04. The summed E-state index contributed by atoms with van der Waals surface area (Å²) in [7, 11) is 0. The zero-order valence-corrected chi connectivity index (χ0v) is 9.46. The van der Waals surface area contributed by atoms with Crippen LogP contribution in [0.15, 0.2) is 42.9 Å². The minimum Gasteiger partial charge on any atom is -0.506 e. The van der Waals surface area contributed by atoms with Crippen molar-refractivity contribution >= 4 is 17.2 Å². The number of nitrogens with zero attached hydrogens (tertiary/aromatic N) is 3. The predicted octanol–water partition coefficient (Wildman–Crippen LogP) is 2.76. The molecule has 0 atom stereocenters. The average molecular weight is 246 g/mol. The van der Waals surface area contributed by atoms with Gasteiger partial charge in [0.2, 0.25) is 0 Å². The van der Waals surface area contributed by atoms with Crippen LogP contribution in [0.2, 0.25) is 5.02 Å². The molecule has 0 bridgehead atoms. The molecule has 3 rings (SSSR count). The van der Waals surface area contributed by atoms with Crippen LogP contribution < -0.4 is 0 Å². The van der Waals surface area contributed by atoms with Gasteiger partial charge in [0.25, 0.3) is 0 Å². The van der Waals surface area contributed by atoms with Gasteiger partial charge in [-0.3, -0.25) is 0 Å². The molecular formula is C12H8ClN3O. The molecule has 17 heavy (non-hydrogen) atoms. The van der Waals surface area contributed by atoms with E-state index in [1.807, 2.05) is 12.3 Å². The van der Waals surface area contributed by atoms with E-state index in [4.69, 9.17) is 11.6 Å². The Balaban J connectivity index is 2.16. The second-order valence-electron chi connectivity index (χ2n) is 3.64. The molecule has 3 aromatic rings. The van der Waals surface area contributed by atoms with Crippen molar-refractivity contribution in [3.63, 3.8) is 0 Å². The van der Waals surface area contributed by atoms with E-state index in [-0.39, 0.29) is 5.75 Å². The molecule has 0 aliphatic heterocycles. The molecule has 0 saturated carbocycles. The van der Waals surface area contributed by atoms with Crippen molar-refractivity contribution in [1.82, 2.24) is 14.6 Å². The molecule has 0 radical (unpaired) electrons. The van der Waals surface area contributed by atoms with Gasteiger partial charge in [0, 0.05) is 24.0 Å². The molecule has 2 aromatic heterocycles. The fraction of sp³-hybridized carbons (Fsp3) is 0. The third kappa shape index (κ3) is 1.72. The van der Waals surface area contributed by atoms with Crippen LogP contribution in [-0.4, -0.2) is 19.7 Å². The summed E-state index contributed by atoms with van der Waals surface area (Å²) in [6, 6.07) is 6.87. The average Bonchev–Trinajstić information content (AvgIpc) is 2.79. The Morgan fingerprint density at radius 2 is 2.06 bits per heavy atom. The lowest BCUT2D eigenvalue weighted by molar-refractivity contribution is 0.475. The molecule has 1 N–H and O–H groups in total. The Bertz CT molecular complexity index is 693. The van der Waals surface area contributed by atoms with Gasteiger partial charge in [-0.2, -0.15) is 5.10 Å². The second kappa shape index (κ2) is 3.75. The number of benzene rings is 1. The Morgan fingerprint density at radius 1 is 1.18 bits per heavy atom. The van der Waals surface area contributed by atoms with Crippen LogP contribution in [0.5, 0.6) is 5.75 Å². The van der Waals surface area contributed by atoms with Gasteiger partial charge in [-0.05, 0) is 17.7 Å². The molecular weight excluding hydrogens is 238 g/mol. The summed E-state index contributed by atoms with van der Waals surface area (Å²) >= 11 is 5.87. The standard InChI is InChI=1S/C12H8ClN3O/c13-10-5-8(1-2-11(10)17)9-6-14-12-3-4-15-16(12)7-9/h1-7,17H. The number of rotatable bonds is 1. The number of phenols is 1. The lowest BCUT2D eigenvalue weighted by Gasteiger charge is -2.03. The normalized spacial score (nSPS) is 10.9. The van der Waals surface area contributed by atoms with Gasteiger partial charge in [-0.25, -0.2) is 9.50 Å². The van der Waals surface area contributed by atoms with Crippen LogP contribution in [0.25, 0.3) is 16.8 Å². The van der Waals surface area contributed by atoms with Crippen LogP contribution in [0.4, 0.5) is 0 Å². The molecule has 84 valence electrons.